The van der Waals surface area contributed by atoms with Gasteiger partial charge in [-0.05, 0) is 43.9 Å². The van der Waals surface area contributed by atoms with Gasteiger partial charge in [-0.25, -0.2) is 9.79 Å². The Labute approximate surface area is 175 Å². The van der Waals surface area contributed by atoms with Gasteiger partial charge < -0.3 is 4.74 Å². The Morgan fingerprint density at radius 3 is 2.62 bits per heavy atom. The van der Waals surface area contributed by atoms with Crippen molar-refractivity contribution in [2.75, 3.05) is 0 Å². The lowest BCUT2D eigenvalue weighted by Crippen LogP contribution is -2.40. The summed E-state index contributed by atoms with van der Waals surface area (Å²) in [6, 6.07) is 12.9. The number of nitrogens with zero attached hydrogens (tertiary/aromatic N) is 2. The van der Waals surface area contributed by atoms with Crippen molar-refractivity contribution < 1.29 is 9.53 Å². The van der Waals surface area contributed by atoms with E-state index in [9.17, 15) is 9.59 Å². The molecular weight excluding hydrogens is 404 g/mol. The Hall–Kier alpha value is -2.77. The van der Waals surface area contributed by atoms with E-state index >= 15 is 0 Å². The van der Waals surface area contributed by atoms with Crippen molar-refractivity contribution in [3.8, 4) is 0 Å². The van der Waals surface area contributed by atoms with Crippen molar-refractivity contribution >= 4 is 34.7 Å². The van der Waals surface area contributed by atoms with Gasteiger partial charge in [0.15, 0.2) is 4.80 Å². The topological polar surface area (TPSA) is 60.7 Å². The third kappa shape index (κ3) is 3.75. The number of rotatable bonds is 4. The van der Waals surface area contributed by atoms with Gasteiger partial charge in [-0.1, -0.05) is 47.7 Å². The fourth-order valence-electron chi connectivity index (χ4n) is 3.31. The molecule has 0 radical (unpaired) electrons. The standard InChI is InChI=1S/C22H20N2O3S2/c1-13(2)27-21(26)18-14(3)23-22-24(19(18)15-8-5-4-6-9-15)20(25)17(29-22)12-16-10-7-11-28-16/h4-13,19H,1-3H3. The number of thiazole rings is 1. The van der Waals surface area contributed by atoms with E-state index in [1.54, 1.807) is 22.8 Å². The molecule has 5 nitrogen and oxygen atoms in total. The highest BCUT2D eigenvalue weighted by atomic mass is 32.1. The molecule has 148 valence electrons. The van der Waals surface area contributed by atoms with Crippen LogP contribution in [0.15, 0.2) is 68.9 Å². The van der Waals surface area contributed by atoms with Crippen LogP contribution in [0.2, 0.25) is 0 Å². The van der Waals surface area contributed by atoms with Crippen LogP contribution in [0, 0.1) is 0 Å². The number of hydrogen-bond acceptors (Lipinski definition) is 6. The molecule has 1 atom stereocenters. The molecule has 7 heteroatoms. The predicted molar refractivity (Wildman–Crippen MR) is 116 cm³/mol. The third-order valence-electron chi connectivity index (χ3n) is 4.52. The van der Waals surface area contributed by atoms with Gasteiger partial charge in [-0.3, -0.25) is 9.36 Å². The van der Waals surface area contributed by atoms with Crippen LogP contribution in [0.25, 0.3) is 6.08 Å². The maximum Gasteiger partial charge on any atom is 0.338 e. The second-order valence-electron chi connectivity index (χ2n) is 6.96. The molecule has 2 aromatic heterocycles. The second-order valence-corrected chi connectivity index (χ2v) is 8.95. The van der Waals surface area contributed by atoms with E-state index in [1.165, 1.54) is 11.3 Å². The zero-order chi connectivity index (χ0) is 20.5. The molecule has 0 saturated heterocycles. The summed E-state index contributed by atoms with van der Waals surface area (Å²) in [5.74, 6) is -0.442. The van der Waals surface area contributed by atoms with Crippen molar-refractivity contribution in [1.82, 2.24) is 4.57 Å². The number of thiophene rings is 1. The highest BCUT2D eigenvalue weighted by Crippen LogP contribution is 2.30. The Kier molecular flexibility index (Phi) is 5.34. The molecule has 0 aliphatic carbocycles. The molecule has 3 aromatic rings. The summed E-state index contributed by atoms with van der Waals surface area (Å²) in [5, 5.41) is 1.97. The van der Waals surface area contributed by atoms with E-state index in [4.69, 9.17) is 4.74 Å². The van der Waals surface area contributed by atoms with Gasteiger partial charge in [0.25, 0.3) is 5.56 Å². The Morgan fingerprint density at radius 1 is 1.21 bits per heavy atom. The highest BCUT2D eigenvalue weighted by Gasteiger charge is 2.33. The van der Waals surface area contributed by atoms with Crippen LogP contribution in [0.4, 0.5) is 0 Å². The summed E-state index contributed by atoms with van der Waals surface area (Å²) in [6.45, 7) is 5.41. The number of esters is 1. The molecule has 1 unspecified atom stereocenters. The molecule has 0 spiro atoms. The van der Waals surface area contributed by atoms with Crippen LogP contribution >= 0.6 is 22.7 Å². The van der Waals surface area contributed by atoms with Crippen LogP contribution in [0.1, 0.15) is 37.3 Å². The molecule has 1 aliphatic rings. The smallest absolute Gasteiger partial charge is 0.338 e. The second kappa shape index (κ2) is 7.93. The molecule has 0 fully saturated rings. The summed E-state index contributed by atoms with van der Waals surface area (Å²) in [7, 11) is 0. The largest absolute Gasteiger partial charge is 0.459 e. The van der Waals surface area contributed by atoms with Crippen molar-refractivity contribution in [3.05, 3.63) is 89.2 Å². The lowest BCUT2D eigenvalue weighted by Gasteiger charge is -2.25. The predicted octanol–water partition coefficient (Wildman–Crippen LogP) is 3.25. The minimum absolute atomic E-state index is 0.154. The van der Waals surface area contributed by atoms with Crippen molar-refractivity contribution in [3.63, 3.8) is 0 Å². The molecule has 4 rings (SSSR count). The van der Waals surface area contributed by atoms with Crippen LogP contribution in [0.3, 0.4) is 0 Å². The van der Waals surface area contributed by atoms with Gasteiger partial charge in [0.1, 0.15) is 0 Å². The van der Waals surface area contributed by atoms with Crippen LogP contribution < -0.4 is 14.9 Å². The first kappa shape index (κ1) is 19.5. The SMILES string of the molecule is CC1=C(C(=O)OC(C)C)C(c2ccccc2)n2c(sc(=Cc3cccs3)c2=O)=N1. The van der Waals surface area contributed by atoms with Crippen molar-refractivity contribution in [2.45, 2.75) is 32.9 Å². The average molecular weight is 425 g/mol. The van der Waals surface area contributed by atoms with Crippen molar-refractivity contribution in [1.29, 1.82) is 0 Å². The first-order chi connectivity index (χ1) is 14.0. The summed E-state index contributed by atoms with van der Waals surface area (Å²) in [4.78, 5) is 32.4. The fourth-order valence-corrected chi connectivity index (χ4v) is 5.08. The first-order valence-electron chi connectivity index (χ1n) is 9.27. The molecule has 0 N–H and O–H groups in total. The molecule has 1 aromatic carbocycles. The summed E-state index contributed by atoms with van der Waals surface area (Å²) in [5.41, 5.74) is 1.67. The lowest BCUT2D eigenvalue weighted by atomic mass is 9.96. The number of fused-ring (bicyclic) bond motifs is 1. The van der Waals surface area contributed by atoms with Gasteiger partial charge in [-0.15, -0.1) is 11.3 Å². The minimum atomic E-state index is -0.566. The van der Waals surface area contributed by atoms with E-state index in [1.807, 2.05) is 67.8 Å². The quantitative estimate of drug-likeness (QED) is 0.604. The van der Waals surface area contributed by atoms with E-state index in [0.29, 0.717) is 20.6 Å². The summed E-state index contributed by atoms with van der Waals surface area (Å²) in [6.07, 6.45) is 1.62. The molecular formula is C22H20N2O3S2. The van der Waals surface area contributed by atoms with Gasteiger partial charge in [0.2, 0.25) is 0 Å². The van der Waals surface area contributed by atoms with Crippen molar-refractivity contribution in [2.24, 2.45) is 4.99 Å². The maximum absolute atomic E-state index is 13.3. The first-order valence-corrected chi connectivity index (χ1v) is 11.0. The lowest BCUT2D eigenvalue weighted by molar-refractivity contribution is -0.143. The number of allylic oxidation sites excluding steroid dienone is 1. The number of aromatic nitrogens is 1. The Morgan fingerprint density at radius 2 is 1.97 bits per heavy atom. The molecule has 3 heterocycles. The van der Waals surface area contributed by atoms with Gasteiger partial charge in [0, 0.05) is 4.88 Å². The third-order valence-corrected chi connectivity index (χ3v) is 6.32. The van der Waals surface area contributed by atoms with Gasteiger partial charge in [0.05, 0.1) is 27.9 Å². The number of carbonyl (C=O) groups excluding carboxylic acids is 1. The summed E-state index contributed by atoms with van der Waals surface area (Å²) < 4.78 is 7.69. The number of hydrogen-bond donors (Lipinski definition) is 0. The zero-order valence-corrected chi connectivity index (χ0v) is 17.9. The molecule has 0 saturated carbocycles. The fraction of sp³-hybridized carbons (Fsp3) is 0.227. The van der Waals surface area contributed by atoms with Gasteiger partial charge in [-0.2, -0.15) is 0 Å². The van der Waals surface area contributed by atoms with Gasteiger partial charge >= 0.3 is 5.97 Å². The van der Waals surface area contributed by atoms with Crippen LogP contribution in [-0.2, 0) is 9.53 Å². The maximum atomic E-state index is 13.3. The van der Waals surface area contributed by atoms with E-state index in [-0.39, 0.29) is 11.7 Å². The molecule has 0 bridgehead atoms. The van der Waals surface area contributed by atoms with Crippen LogP contribution in [-0.4, -0.2) is 16.6 Å². The normalized spacial score (nSPS) is 16.7. The van der Waals surface area contributed by atoms with E-state index in [2.05, 4.69) is 4.99 Å². The molecule has 1 aliphatic heterocycles. The monoisotopic (exact) mass is 424 g/mol. The summed E-state index contributed by atoms with van der Waals surface area (Å²) >= 11 is 2.91. The van der Waals surface area contributed by atoms with E-state index in [0.717, 1.165) is 10.4 Å². The minimum Gasteiger partial charge on any atom is -0.459 e. The molecule has 29 heavy (non-hydrogen) atoms. The Bertz CT molecular complexity index is 1250. The van der Waals surface area contributed by atoms with E-state index < -0.39 is 12.0 Å². The molecule has 0 amide bonds. The number of ether oxygens (including phenoxy) is 1. The average Bonchev–Trinajstić information content (AvgIpc) is 3.29. The Balaban J connectivity index is 1.95. The number of benzene rings is 1. The number of carbonyl (C=O) groups is 1. The zero-order valence-electron chi connectivity index (χ0n) is 16.3. The highest BCUT2D eigenvalue weighted by molar-refractivity contribution is 7.11. The van der Waals surface area contributed by atoms with Crippen LogP contribution in [0.5, 0.6) is 0 Å².